The molecule has 144 valence electrons. The Balaban J connectivity index is 1.32. The molecule has 7 heteroatoms. The lowest BCUT2D eigenvalue weighted by Crippen LogP contribution is -2.32. The lowest BCUT2D eigenvalue weighted by atomic mass is 10.1. The van der Waals surface area contributed by atoms with Gasteiger partial charge in [0.25, 0.3) is 5.89 Å². The molecule has 5 rings (SSSR count). The van der Waals surface area contributed by atoms with E-state index in [4.69, 9.17) is 18.7 Å². The van der Waals surface area contributed by atoms with E-state index in [9.17, 15) is 0 Å². The molecule has 1 aliphatic carbocycles. The highest BCUT2D eigenvalue weighted by molar-refractivity contribution is 5.44. The molecule has 0 N–H and O–H groups in total. The summed E-state index contributed by atoms with van der Waals surface area (Å²) >= 11 is 0. The van der Waals surface area contributed by atoms with Gasteiger partial charge >= 0.3 is 0 Å². The highest BCUT2D eigenvalue weighted by Crippen LogP contribution is 2.34. The summed E-state index contributed by atoms with van der Waals surface area (Å²) in [6, 6.07) is 6.75. The molecule has 27 heavy (non-hydrogen) atoms. The van der Waals surface area contributed by atoms with Gasteiger partial charge in [-0.25, -0.2) is 0 Å². The van der Waals surface area contributed by atoms with Gasteiger partial charge in [-0.05, 0) is 43.4 Å². The molecule has 1 aromatic heterocycles. The maximum atomic E-state index is 5.66. The van der Waals surface area contributed by atoms with Crippen LogP contribution in [0.3, 0.4) is 0 Å². The van der Waals surface area contributed by atoms with Crippen LogP contribution in [0.15, 0.2) is 22.7 Å². The van der Waals surface area contributed by atoms with Crippen molar-refractivity contribution in [2.75, 3.05) is 13.4 Å². The Kier molecular flexibility index (Phi) is 4.71. The first-order valence-corrected chi connectivity index (χ1v) is 9.92. The molecule has 3 aliphatic rings. The SMILES string of the molecule is c1cc2c(cc1CN(Cc1noc([C@H]3CCCO3)n1)C1CCCC1)OCO2. The molecule has 1 saturated carbocycles. The fourth-order valence-corrected chi connectivity index (χ4v) is 4.27. The first-order chi connectivity index (χ1) is 13.3. The Bertz CT molecular complexity index is 781. The zero-order chi connectivity index (χ0) is 18.1. The summed E-state index contributed by atoms with van der Waals surface area (Å²) in [6.45, 7) is 2.61. The van der Waals surface area contributed by atoms with Crippen LogP contribution in [0.2, 0.25) is 0 Å². The van der Waals surface area contributed by atoms with Gasteiger partial charge in [0, 0.05) is 19.2 Å². The van der Waals surface area contributed by atoms with E-state index in [0.29, 0.717) is 25.3 Å². The van der Waals surface area contributed by atoms with Crippen molar-refractivity contribution in [3.8, 4) is 11.5 Å². The number of ether oxygens (including phenoxy) is 3. The van der Waals surface area contributed by atoms with E-state index in [1.54, 1.807) is 0 Å². The van der Waals surface area contributed by atoms with Gasteiger partial charge in [0.05, 0.1) is 6.54 Å². The summed E-state index contributed by atoms with van der Waals surface area (Å²) in [5, 5.41) is 4.22. The van der Waals surface area contributed by atoms with Crippen molar-refractivity contribution < 1.29 is 18.7 Å². The number of rotatable bonds is 6. The number of nitrogens with zero attached hydrogens (tertiary/aromatic N) is 3. The molecular weight excluding hydrogens is 346 g/mol. The third-order valence-electron chi connectivity index (χ3n) is 5.70. The standard InChI is InChI=1S/C20H25N3O4/c1-2-5-15(4-1)23(11-14-7-8-16-18(10-14)26-13-25-16)12-19-21-20(27-22-19)17-6-3-9-24-17/h7-8,10,15,17H,1-6,9,11-13H2/t17-/m1/s1. The molecule has 0 radical (unpaired) electrons. The monoisotopic (exact) mass is 371 g/mol. The van der Waals surface area contributed by atoms with E-state index in [1.807, 2.05) is 6.07 Å². The van der Waals surface area contributed by atoms with Crippen molar-refractivity contribution in [1.29, 1.82) is 0 Å². The predicted octanol–water partition coefficient (Wildman–Crippen LogP) is 3.59. The van der Waals surface area contributed by atoms with Gasteiger partial charge in [0.1, 0.15) is 6.10 Å². The largest absolute Gasteiger partial charge is 0.454 e. The molecule has 3 heterocycles. The Hall–Kier alpha value is -2.12. The van der Waals surface area contributed by atoms with Crippen molar-refractivity contribution in [2.24, 2.45) is 0 Å². The number of benzene rings is 1. The molecule has 2 fully saturated rings. The van der Waals surface area contributed by atoms with Crippen molar-refractivity contribution in [1.82, 2.24) is 15.0 Å². The predicted molar refractivity (Wildman–Crippen MR) is 96.3 cm³/mol. The molecule has 0 amide bonds. The molecular formula is C20H25N3O4. The molecule has 0 unspecified atom stereocenters. The second kappa shape index (κ2) is 7.48. The molecule has 1 atom stereocenters. The summed E-state index contributed by atoms with van der Waals surface area (Å²) in [5.74, 6) is 3.02. The fourth-order valence-electron chi connectivity index (χ4n) is 4.27. The van der Waals surface area contributed by atoms with Crippen LogP contribution in [0.25, 0.3) is 0 Å². The van der Waals surface area contributed by atoms with Crippen LogP contribution < -0.4 is 9.47 Å². The average Bonchev–Trinajstić information content (AvgIpc) is 3.48. The maximum absolute atomic E-state index is 5.66. The third kappa shape index (κ3) is 3.66. The molecule has 1 aromatic carbocycles. The Morgan fingerprint density at radius 3 is 2.74 bits per heavy atom. The topological polar surface area (TPSA) is 69.9 Å². The highest BCUT2D eigenvalue weighted by Gasteiger charge is 2.27. The first-order valence-electron chi connectivity index (χ1n) is 9.92. The van der Waals surface area contributed by atoms with E-state index in [1.165, 1.54) is 31.2 Å². The summed E-state index contributed by atoms with van der Waals surface area (Å²) in [5.41, 5.74) is 1.22. The van der Waals surface area contributed by atoms with Gasteiger partial charge in [0.15, 0.2) is 17.3 Å². The van der Waals surface area contributed by atoms with Crippen molar-refractivity contribution in [3.63, 3.8) is 0 Å². The van der Waals surface area contributed by atoms with E-state index < -0.39 is 0 Å². The van der Waals surface area contributed by atoms with Crippen LogP contribution in [0.1, 0.15) is 61.9 Å². The highest BCUT2D eigenvalue weighted by atomic mass is 16.7. The van der Waals surface area contributed by atoms with Crippen molar-refractivity contribution >= 4 is 0 Å². The zero-order valence-corrected chi connectivity index (χ0v) is 15.4. The Morgan fingerprint density at radius 2 is 1.89 bits per heavy atom. The van der Waals surface area contributed by atoms with Crippen LogP contribution >= 0.6 is 0 Å². The van der Waals surface area contributed by atoms with E-state index in [-0.39, 0.29) is 6.10 Å². The van der Waals surface area contributed by atoms with E-state index in [2.05, 4.69) is 27.2 Å². The lowest BCUT2D eigenvalue weighted by molar-refractivity contribution is 0.0835. The molecule has 2 aromatic rings. The van der Waals surface area contributed by atoms with Gasteiger partial charge in [0.2, 0.25) is 6.79 Å². The van der Waals surface area contributed by atoms with Crippen molar-refractivity contribution in [3.05, 3.63) is 35.5 Å². The van der Waals surface area contributed by atoms with Crippen LogP contribution in [-0.4, -0.2) is 34.5 Å². The minimum absolute atomic E-state index is 0.0277. The summed E-state index contributed by atoms with van der Waals surface area (Å²) in [7, 11) is 0. The van der Waals surface area contributed by atoms with Gasteiger partial charge < -0.3 is 18.7 Å². The molecule has 0 bridgehead atoms. The third-order valence-corrected chi connectivity index (χ3v) is 5.70. The smallest absolute Gasteiger partial charge is 0.255 e. The lowest BCUT2D eigenvalue weighted by Gasteiger charge is -2.27. The maximum Gasteiger partial charge on any atom is 0.255 e. The molecule has 1 saturated heterocycles. The van der Waals surface area contributed by atoms with E-state index in [0.717, 1.165) is 43.3 Å². The Labute approximate surface area is 158 Å². The minimum Gasteiger partial charge on any atom is -0.454 e. The quantitative estimate of drug-likeness (QED) is 0.768. The molecule has 0 spiro atoms. The second-order valence-electron chi connectivity index (χ2n) is 7.58. The van der Waals surface area contributed by atoms with Gasteiger partial charge in [-0.3, -0.25) is 4.90 Å². The number of hydrogen-bond donors (Lipinski definition) is 0. The first kappa shape index (κ1) is 17.0. The number of fused-ring (bicyclic) bond motifs is 1. The normalized spacial score (nSPS) is 22.2. The van der Waals surface area contributed by atoms with Crippen LogP contribution in [0.4, 0.5) is 0 Å². The number of hydrogen-bond acceptors (Lipinski definition) is 7. The van der Waals surface area contributed by atoms with Crippen LogP contribution in [0, 0.1) is 0 Å². The van der Waals surface area contributed by atoms with Crippen LogP contribution in [0.5, 0.6) is 11.5 Å². The summed E-state index contributed by atoms with van der Waals surface area (Å²) in [6.07, 6.45) is 7.01. The van der Waals surface area contributed by atoms with Crippen LogP contribution in [-0.2, 0) is 17.8 Å². The van der Waals surface area contributed by atoms with Crippen molar-refractivity contribution in [2.45, 2.75) is 63.8 Å². The minimum atomic E-state index is -0.0277. The molecule has 7 nitrogen and oxygen atoms in total. The Morgan fingerprint density at radius 1 is 1.00 bits per heavy atom. The number of aromatic nitrogens is 2. The average molecular weight is 371 g/mol. The van der Waals surface area contributed by atoms with Gasteiger partial charge in [-0.2, -0.15) is 4.98 Å². The summed E-state index contributed by atoms with van der Waals surface area (Å²) in [4.78, 5) is 7.08. The van der Waals surface area contributed by atoms with Gasteiger partial charge in [-0.15, -0.1) is 0 Å². The van der Waals surface area contributed by atoms with E-state index >= 15 is 0 Å². The van der Waals surface area contributed by atoms with Gasteiger partial charge in [-0.1, -0.05) is 24.1 Å². The fraction of sp³-hybridized carbons (Fsp3) is 0.600. The second-order valence-corrected chi connectivity index (χ2v) is 7.58. The molecule has 2 aliphatic heterocycles. The summed E-state index contributed by atoms with van der Waals surface area (Å²) < 4.78 is 22.1. The zero-order valence-electron chi connectivity index (χ0n) is 15.4.